The maximum absolute atomic E-state index is 14.0. The van der Waals surface area contributed by atoms with Crippen LogP contribution in [0.3, 0.4) is 0 Å². The largest absolute Gasteiger partial charge is 0.467 e. The van der Waals surface area contributed by atoms with Gasteiger partial charge in [0.15, 0.2) is 0 Å². The summed E-state index contributed by atoms with van der Waals surface area (Å²) in [4.78, 5) is 31.9. The Labute approximate surface area is 163 Å². The number of hydrogen-bond acceptors (Lipinski definition) is 5. The Morgan fingerprint density at radius 2 is 1.96 bits per heavy atom. The predicted octanol–water partition coefficient (Wildman–Crippen LogP) is 2.99. The average molecular weight is 385 g/mol. The van der Waals surface area contributed by atoms with Crippen LogP contribution in [0.4, 0.5) is 10.1 Å². The number of benzene rings is 1. The number of halogens is 1. The number of aromatic nitrogens is 2. The molecule has 0 amide bonds. The Kier molecular flexibility index (Phi) is 4.91. The fourth-order valence-electron chi connectivity index (χ4n) is 4.47. The van der Waals surface area contributed by atoms with Crippen molar-refractivity contribution in [2.45, 2.75) is 44.1 Å². The lowest BCUT2D eigenvalue weighted by Crippen LogP contribution is -2.37. The van der Waals surface area contributed by atoms with Crippen LogP contribution in [0, 0.1) is 5.82 Å². The molecule has 2 aliphatic rings. The second-order valence-corrected chi connectivity index (χ2v) is 7.64. The quantitative estimate of drug-likeness (QED) is 0.760. The summed E-state index contributed by atoms with van der Waals surface area (Å²) < 4.78 is 20.5. The monoisotopic (exact) mass is 385 g/mol. The number of fused-ring (bicyclic) bond motifs is 1. The van der Waals surface area contributed by atoms with Gasteiger partial charge in [-0.15, -0.1) is 0 Å². The normalized spacial score (nSPS) is 22.2. The molecule has 2 aromatic rings. The standard InChI is InChI=1S/C21H24FN3O3/c1-13-11-18(21(27)28-2)25-19(13)23-12-15(20(25)26)14-7-9-24(10-8-14)17-6-4-3-5-16(17)22/h3-6,12-14,18H,7-11H2,1-2H3/t13-,18+/m1/s1. The van der Waals surface area contributed by atoms with Crippen molar-refractivity contribution in [1.29, 1.82) is 0 Å². The van der Waals surface area contributed by atoms with E-state index >= 15 is 0 Å². The Morgan fingerprint density at radius 3 is 2.64 bits per heavy atom. The molecule has 0 bridgehead atoms. The molecular formula is C21H24FN3O3. The minimum atomic E-state index is -0.603. The van der Waals surface area contributed by atoms with Gasteiger partial charge in [-0.05, 0) is 37.3 Å². The summed E-state index contributed by atoms with van der Waals surface area (Å²) in [5, 5.41) is 0. The highest BCUT2D eigenvalue weighted by Gasteiger charge is 2.37. The summed E-state index contributed by atoms with van der Waals surface area (Å²) in [5.41, 5.74) is 1.10. The fraction of sp³-hybridized carbons (Fsp3) is 0.476. The van der Waals surface area contributed by atoms with Crippen LogP contribution in [-0.4, -0.2) is 35.7 Å². The average Bonchev–Trinajstić information content (AvgIpc) is 3.06. The van der Waals surface area contributed by atoms with Gasteiger partial charge in [0.2, 0.25) is 0 Å². The molecule has 1 aromatic carbocycles. The first kappa shape index (κ1) is 18.7. The maximum Gasteiger partial charge on any atom is 0.329 e. The van der Waals surface area contributed by atoms with Crippen LogP contribution in [-0.2, 0) is 9.53 Å². The number of ether oxygens (including phenoxy) is 1. The molecule has 2 atom stereocenters. The van der Waals surface area contributed by atoms with Crippen molar-refractivity contribution in [3.8, 4) is 0 Å². The van der Waals surface area contributed by atoms with E-state index < -0.39 is 12.0 Å². The van der Waals surface area contributed by atoms with E-state index in [1.807, 2.05) is 17.9 Å². The Hall–Kier alpha value is -2.70. The van der Waals surface area contributed by atoms with Gasteiger partial charge >= 0.3 is 5.97 Å². The SMILES string of the molecule is COC(=O)[C@@H]1C[C@@H](C)c2ncc(C3CCN(c4ccccc4F)CC3)c(=O)n21. The smallest absolute Gasteiger partial charge is 0.329 e. The van der Waals surface area contributed by atoms with Gasteiger partial charge < -0.3 is 9.64 Å². The number of carbonyl (C=O) groups is 1. The maximum atomic E-state index is 14.0. The predicted molar refractivity (Wildman–Crippen MR) is 103 cm³/mol. The molecule has 0 saturated carbocycles. The van der Waals surface area contributed by atoms with E-state index in [0.29, 0.717) is 36.6 Å². The number of anilines is 1. The first-order chi connectivity index (χ1) is 13.5. The molecule has 0 N–H and O–H groups in total. The first-order valence-corrected chi connectivity index (χ1v) is 9.70. The molecular weight excluding hydrogens is 361 g/mol. The summed E-state index contributed by atoms with van der Waals surface area (Å²) in [6.45, 7) is 3.31. The highest BCUT2D eigenvalue weighted by atomic mass is 19.1. The molecule has 28 heavy (non-hydrogen) atoms. The highest BCUT2D eigenvalue weighted by molar-refractivity contribution is 5.75. The van der Waals surface area contributed by atoms with Crippen LogP contribution in [0.5, 0.6) is 0 Å². The van der Waals surface area contributed by atoms with Crippen molar-refractivity contribution in [2.24, 2.45) is 0 Å². The zero-order valence-electron chi connectivity index (χ0n) is 16.1. The third-order valence-corrected chi connectivity index (χ3v) is 5.98. The molecule has 0 aliphatic carbocycles. The molecule has 4 rings (SSSR count). The molecule has 1 aromatic heterocycles. The third kappa shape index (κ3) is 3.08. The van der Waals surface area contributed by atoms with E-state index in [-0.39, 0.29) is 23.2 Å². The van der Waals surface area contributed by atoms with Crippen molar-refractivity contribution in [3.05, 3.63) is 58.0 Å². The molecule has 3 heterocycles. The fourth-order valence-corrected chi connectivity index (χ4v) is 4.47. The highest BCUT2D eigenvalue weighted by Crippen LogP contribution is 2.35. The molecule has 1 saturated heterocycles. The first-order valence-electron chi connectivity index (χ1n) is 9.70. The number of methoxy groups -OCH3 is 1. The van der Waals surface area contributed by atoms with Gasteiger partial charge in [-0.2, -0.15) is 0 Å². The Balaban J connectivity index is 1.58. The van der Waals surface area contributed by atoms with Crippen LogP contribution in [0.1, 0.15) is 55.5 Å². The summed E-state index contributed by atoms with van der Waals surface area (Å²) in [6, 6.07) is 6.15. The molecule has 2 aliphatic heterocycles. The van der Waals surface area contributed by atoms with Crippen molar-refractivity contribution >= 4 is 11.7 Å². The van der Waals surface area contributed by atoms with Crippen LogP contribution < -0.4 is 10.5 Å². The van der Waals surface area contributed by atoms with Crippen molar-refractivity contribution < 1.29 is 13.9 Å². The summed E-state index contributed by atoms with van der Waals surface area (Å²) >= 11 is 0. The van der Waals surface area contributed by atoms with E-state index in [2.05, 4.69) is 4.98 Å². The Morgan fingerprint density at radius 1 is 1.25 bits per heavy atom. The van der Waals surface area contributed by atoms with E-state index in [1.165, 1.54) is 17.7 Å². The second-order valence-electron chi connectivity index (χ2n) is 7.64. The van der Waals surface area contributed by atoms with E-state index in [4.69, 9.17) is 4.74 Å². The zero-order chi connectivity index (χ0) is 19.8. The lowest BCUT2D eigenvalue weighted by molar-refractivity contribution is -0.144. The lowest BCUT2D eigenvalue weighted by atomic mass is 9.90. The summed E-state index contributed by atoms with van der Waals surface area (Å²) in [6.07, 6.45) is 3.68. The number of nitrogens with zero attached hydrogens (tertiary/aromatic N) is 3. The zero-order valence-corrected chi connectivity index (χ0v) is 16.1. The lowest BCUT2D eigenvalue weighted by Gasteiger charge is -2.33. The van der Waals surface area contributed by atoms with E-state index in [9.17, 15) is 14.0 Å². The molecule has 1 fully saturated rings. The molecule has 0 spiro atoms. The number of para-hydroxylation sites is 1. The number of hydrogen-bond donors (Lipinski definition) is 0. The van der Waals surface area contributed by atoms with Gasteiger partial charge in [0.25, 0.3) is 5.56 Å². The van der Waals surface area contributed by atoms with Gasteiger partial charge in [0, 0.05) is 30.8 Å². The van der Waals surface area contributed by atoms with Crippen LogP contribution in [0.15, 0.2) is 35.3 Å². The van der Waals surface area contributed by atoms with Crippen LogP contribution in [0.25, 0.3) is 0 Å². The second kappa shape index (κ2) is 7.37. The minimum Gasteiger partial charge on any atom is -0.467 e. The molecule has 7 heteroatoms. The Bertz CT molecular complexity index is 950. The number of rotatable bonds is 3. The number of esters is 1. The third-order valence-electron chi connectivity index (χ3n) is 5.98. The van der Waals surface area contributed by atoms with Crippen LogP contribution in [0.2, 0.25) is 0 Å². The van der Waals surface area contributed by atoms with Crippen molar-refractivity contribution in [1.82, 2.24) is 9.55 Å². The van der Waals surface area contributed by atoms with Gasteiger partial charge in [-0.1, -0.05) is 19.1 Å². The van der Waals surface area contributed by atoms with Crippen molar-refractivity contribution in [2.75, 3.05) is 25.1 Å². The van der Waals surface area contributed by atoms with Crippen molar-refractivity contribution in [3.63, 3.8) is 0 Å². The topological polar surface area (TPSA) is 64.4 Å². The molecule has 0 unspecified atom stereocenters. The number of carbonyl (C=O) groups excluding carboxylic acids is 1. The van der Waals surface area contributed by atoms with Gasteiger partial charge in [0.05, 0.1) is 12.8 Å². The molecule has 0 radical (unpaired) electrons. The summed E-state index contributed by atoms with van der Waals surface area (Å²) in [5.74, 6) is 0.105. The summed E-state index contributed by atoms with van der Waals surface area (Å²) in [7, 11) is 1.34. The minimum absolute atomic E-state index is 0.0359. The van der Waals surface area contributed by atoms with Crippen LogP contribution >= 0.6 is 0 Å². The molecule has 148 valence electrons. The molecule has 6 nitrogen and oxygen atoms in total. The van der Waals surface area contributed by atoms with E-state index in [1.54, 1.807) is 18.3 Å². The van der Waals surface area contributed by atoms with E-state index in [0.717, 1.165) is 12.8 Å². The van der Waals surface area contributed by atoms with Gasteiger partial charge in [0.1, 0.15) is 17.7 Å². The van der Waals surface area contributed by atoms with Gasteiger partial charge in [-0.3, -0.25) is 9.36 Å². The number of piperidine rings is 1. The van der Waals surface area contributed by atoms with Gasteiger partial charge in [-0.25, -0.2) is 14.2 Å².